The lowest BCUT2D eigenvalue weighted by atomic mass is 9.95. The highest BCUT2D eigenvalue weighted by molar-refractivity contribution is 7.92. The van der Waals surface area contributed by atoms with E-state index in [0.29, 0.717) is 16.3 Å². The molecule has 1 aliphatic rings. The third kappa shape index (κ3) is 7.34. The number of carbonyl (C=O) groups is 2. The maximum Gasteiger partial charge on any atom is 0.264 e. The molecule has 1 saturated carbocycles. The number of amides is 2. The number of rotatable bonds is 10. The second-order valence-electron chi connectivity index (χ2n) is 11.2. The first-order chi connectivity index (χ1) is 20.0. The van der Waals surface area contributed by atoms with Gasteiger partial charge in [-0.05, 0) is 81.5 Å². The van der Waals surface area contributed by atoms with Gasteiger partial charge in [-0.15, -0.1) is 0 Å². The average molecular weight is 610 g/mol. The summed E-state index contributed by atoms with van der Waals surface area (Å²) < 4.78 is 29.4. The van der Waals surface area contributed by atoms with Gasteiger partial charge in [-0.3, -0.25) is 13.9 Å². The molecule has 4 rings (SSSR count). The number of nitrogens with one attached hydrogen (secondary N) is 1. The molecule has 1 N–H and O–H groups in total. The minimum atomic E-state index is -4.13. The molecule has 1 atom stereocenters. The van der Waals surface area contributed by atoms with Crippen molar-refractivity contribution < 1.29 is 18.0 Å². The molecule has 3 aromatic carbocycles. The van der Waals surface area contributed by atoms with Crippen LogP contribution in [0.5, 0.6) is 0 Å². The van der Waals surface area contributed by atoms with E-state index in [1.54, 1.807) is 61.5 Å². The molecule has 1 unspecified atom stereocenters. The van der Waals surface area contributed by atoms with E-state index in [0.717, 1.165) is 53.1 Å². The summed E-state index contributed by atoms with van der Waals surface area (Å²) in [6, 6.07) is 18.3. The summed E-state index contributed by atoms with van der Waals surface area (Å²) in [5.74, 6) is -0.764. The predicted molar refractivity (Wildman–Crippen MR) is 168 cm³/mol. The van der Waals surface area contributed by atoms with Gasteiger partial charge in [0.1, 0.15) is 12.6 Å². The number of benzene rings is 3. The van der Waals surface area contributed by atoms with Crippen molar-refractivity contribution in [2.24, 2.45) is 0 Å². The Kier molecular flexibility index (Phi) is 10.3. The molecule has 0 aliphatic heterocycles. The second-order valence-corrected chi connectivity index (χ2v) is 13.4. The van der Waals surface area contributed by atoms with Crippen molar-refractivity contribution in [2.45, 2.75) is 83.3 Å². The van der Waals surface area contributed by atoms with E-state index < -0.39 is 28.5 Å². The van der Waals surface area contributed by atoms with E-state index in [9.17, 15) is 18.0 Å². The van der Waals surface area contributed by atoms with E-state index in [4.69, 9.17) is 11.6 Å². The van der Waals surface area contributed by atoms with Crippen molar-refractivity contribution in [2.75, 3.05) is 10.8 Å². The molecule has 0 radical (unpaired) electrons. The Hall–Kier alpha value is -3.36. The number of carbonyl (C=O) groups excluding carboxylic acids is 2. The monoisotopic (exact) mass is 609 g/mol. The number of nitrogens with zero attached hydrogens (tertiary/aromatic N) is 2. The van der Waals surface area contributed by atoms with Crippen LogP contribution in [0, 0.1) is 20.8 Å². The fourth-order valence-corrected chi connectivity index (χ4v) is 6.99. The number of anilines is 1. The van der Waals surface area contributed by atoms with Gasteiger partial charge in [0.25, 0.3) is 10.0 Å². The van der Waals surface area contributed by atoms with E-state index in [2.05, 4.69) is 5.32 Å². The quantitative estimate of drug-likeness (QED) is 0.291. The fraction of sp³-hybridized carbons (Fsp3) is 0.394. The Morgan fingerprint density at radius 3 is 2.26 bits per heavy atom. The summed E-state index contributed by atoms with van der Waals surface area (Å²) in [6.07, 6.45) is 5.09. The Balaban J connectivity index is 1.72. The van der Waals surface area contributed by atoms with Crippen molar-refractivity contribution in [3.63, 3.8) is 0 Å². The first-order valence-corrected chi connectivity index (χ1v) is 16.3. The van der Waals surface area contributed by atoms with Crippen LogP contribution in [0.15, 0.2) is 71.6 Å². The fourth-order valence-electron chi connectivity index (χ4n) is 5.32. The third-order valence-electron chi connectivity index (χ3n) is 8.15. The Morgan fingerprint density at radius 1 is 0.929 bits per heavy atom. The van der Waals surface area contributed by atoms with Crippen LogP contribution in [0.2, 0.25) is 5.02 Å². The maximum atomic E-state index is 14.2. The van der Waals surface area contributed by atoms with Crippen LogP contribution < -0.4 is 9.62 Å². The molecule has 0 aromatic heterocycles. The summed E-state index contributed by atoms with van der Waals surface area (Å²) in [7, 11) is -4.13. The lowest BCUT2D eigenvalue weighted by Gasteiger charge is -2.34. The second kappa shape index (κ2) is 13.7. The van der Waals surface area contributed by atoms with Crippen molar-refractivity contribution in [1.29, 1.82) is 0 Å². The first kappa shape index (κ1) is 31.6. The molecule has 9 heteroatoms. The van der Waals surface area contributed by atoms with Crippen molar-refractivity contribution >= 4 is 39.1 Å². The first-order valence-electron chi connectivity index (χ1n) is 14.5. The molecular formula is C33H40ClN3O4S. The smallest absolute Gasteiger partial charge is 0.264 e. The van der Waals surface area contributed by atoms with Crippen molar-refractivity contribution in [3.8, 4) is 0 Å². The predicted octanol–water partition coefficient (Wildman–Crippen LogP) is 6.33. The zero-order chi connectivity index (χ0) is 30.4. The third-order valence-corrected chi connectivity index (χ3v) is 10.3. The van der Waals surface area contributed by atoms with Gasteiger partial charge in [0.15, 0.2) is 0 Å². The minimum absolute atomic E-state index is 0.0585. The van der Waals surface area contributed by atoms with E-state index in [1.807, 2.05) is 32.9 Å². The SMILES string of the molecule is Cc1ccc(S(=O)(=O)N(CC(=O)N(Cc2ccccc2Cl)C(C)C(=O)NC2CCCCC2)c2cccc(C)c2C)cc1. The van der Waals surface area contributed by atoms with Crippen LogP contribution in [0.1, 0.15) is 61.3 Å². The summed E-state index contributed by atoms with van der Waals surface area (Å²) in [5, 5.41) is 3.59. The lowest BCUT2D eigenvalue weighted by Crippen LogP contribution is -2.53. The molecule has 0 spiro atoms. The molecule has 0 bridgehead atoms. The largest absolute Gasteiger partial charge is 0.352 e. The standard InChI is InChI=1S/C33H40ClN3O4S/c1-23-17-19-29(20-18-23)42(40,41)37(31-16-10-11-24(2)25(31)3)22-32(38)36(21-27-12-8-9-15-30(27)34)26(4)33(39)35-28-13-6-5-7-14-28/h8-12,15-20,26,28H,5-7,13-14,21-22H2,1-4H3,(H,35,39). The Labute approximate surface area is 254 Å². The zero-order valence-electron chi connectivity index (χ0n) is 24.8. The van der Waals surface area contributed by atoms with Crippen LogP contribution in [0.4, 0.5) is 5.69 Å². The summed E-state index contributed by atoms with van der Waals surface area (Å²) in [5.41, 5.74) is 3.66. The van der Waals surface area contributed by atoms with E-state index >= 15 is 0 Å². The minimum Gasteiger partial charge on any atom is -0.352 e. The molecule has 3 aromatic rings. The van der Waals surface area contributed by atoms with Crippen molar-refractivity contribution in [1.82, 2.24) is 10.2 Å². The van der Waals surface area contributed by atoms with Gasteiger partial charge < -0.3 is 10.2 Å². The summed E-state index contributed by atoms with van der Waals surface area (Å²) >= 11 is 6.47. The summed E-state index contributed by atoms with van der Waals surface area (Å²) in [4.78, 5) is 29.2. The van der Waals surface area contributed by atoms with E-state index in [-0.39, 0.29) is 23.4 Å². The molecule has 2 amide bonds. The lowest BCUT2D eigenvalue weighted by molar-refractivity contribution is -0.139. The van der Waals surface area contributed by atoms with Gasteiger partial charge in [-0.2, -0.15) is 0 Å². The Morgan fingerprint density at radius 2 is 1.60 bits per heavy atom. The van der Waals surface area contributed by atoms with Gasteiger partial charge in [0, 0.05) is 17.6 Å². The van der Waals surface area contributed by atoms with Gasteiger partial charge in [-0.25, -0.2) is 8.42 Å². The molecule has 7 nitrogen and oxygen atoms in total. The highest BCUT2D eigenvalue weighted by Crippen LogP contribution is 2.30. The Bertz CT molecular complexity index is 1520. The van der Waals surface area contributed by atoms with Gasteiger partial charge in [0.05, 0.1) is 10.6 Å². The van der Waals surface area contributed by atoms with Crippen LogP contribution in [-0.2, 0) is 26.2 Å². The van der Waals surface area contributed by atoms with Crippen LogP contribution in [0.3, 0.4) is 0 Å². The van der Waals surface area contributed by atoms with Crippen LogP contribution in [0.25, 0.3) is 0 Å². The molecule has 42 heavy (non-hydrogen) atoms. The molecule has 0 saturated heterocycles. The number of halogens is 1. The normalized spacial score (nSPS) is 14.7. The van der Waals surface area contributed by atoms with Gasteiger partial charge in [-0.1, -0.05) is 78.9 Å². The maximum absolute atomic E-state index is 14.2. The van der Waals surface area contributed by atoms with Gasteiger partial charge in [0.2, 0.25) is 11.8 Å². The molecule has 1 fully saturated rings. The topological polar surface area (TPSA) is 86.8 Å². The zero-order valence-corrected chi connectivity index (χ0v) is 26.3. The number of hydrogen-bond acceptors (Lipinski definition) is 4. The average Bonchev–Trinajstić information content (AvgIpc) is 2.97. The molecule has 1 aliphatic carbocycles. The van der Waals surface area contributed by atoms with Gasteiger partial charge >= 0.3 is 0 Å². The van der Waals surface area contributed by atoms with Crippen LogP contribution in [-0.4, -0.2) is 43.8 Å². The number of aryl methyl sites for hydroxylation is 2. The molecular weight excluding hydrogens is 570 g/mol. The highest BCUT2D eigenvalue weighted by Gasteiger charge is 2.34. The van der Waals surface area contributed by atoms with Crippen LogP contribution >= 0.6 is 11.6 Å². The van der Waals surface area contributed by atoms with E-state index in [1.165, 1.54) is 4.90 Å². The number of hydrogen-bond donors (Lipinski definition) is 1. The summed E-state index contributed by atoms with van der Waals surface area (Å²) in [6.45, 7) is 6.89. The molecule has 224 valence electrons. The highest BCUT2D eigenvalue weighted by atomic mass is 35.5. The van der Waals surface area contributed by atoms with Crippen molar-refractivity contribution in [3.05, 3.63) is 94.0 Å². The molecule has 0 heterocycles. The number of sulfonamides is 1.